The van der Waals surface area contributed by atoms with Crippen molar-refractivity contribution in [2.75, 3.05) is 5.32 Å². The minimum absolute atomic E-state index is 0.00858. The molecular weight excluding hydrogens is 293 g/mol. The minimum Gasteiger partial charge on any atom is -0.508 e. The summed E-state index contributed by atoms with van der Waals surface area (Å²) in [7, 11) is 0. The largest absolute Gasteiger partial charge is 0.508 e. The number of benzene rings is 1. The van der Waals surface area contributed by atoms with Gasteiger partial charge in [0.2, 0.25) is 0 Å². The standard InChI is InChI=1S/C12H9F3N2O2S/c1-6-4-7(18)2-3-8(6)17-11(19)9-10(12(13,14)15)16-5-20-9/h2-5,18H,1H3,(H,17,19). The fourth-order valence-corrected chi connectivity index (χ4v) is 2.28. The first-order valence-corrected chi connectivity index (χ1v) is 6.28. The maximum atomic E-state index is 12.6. The van der Waals surface area contributed by atoms with Gasteiger partial charge >= 0.3 is 6.18 Å². The van der Waals surface area contributed by atoms with E-state index in [2.05, 4.69) is 10.3 Å². The number of halogens is 3. The second-order valence-electron chi connectivity index (χ2n) is 3.98. The molecule has 0 unspecified atom stereocenters. The fourth-order valence-electron chi connectivity index (χ4n) is 1.58. The van der Waals surface area contributed by atoms with Crippen LogP contribution in [0.15, 0.2) is 23.7 Å². The van der Waals surface area contributed by atoms with Crippen molar-refractivity contribution >= 4 is 22.9 Å². The summed E-state index contributed by atoms with van der Waals surface area (Å²) >= 11 is 0.620. The predicted octanol–water partition coefficient (Wildman–Crippen LogP) is 3.43. The SMILES string of the molecule is Cc1cc(O)ccc1NC(=O)c1scnc1C(F)(F)F. The van der Waals surface area contributed by atoms with Crippen LogP contribution in [-0.2, 0) is 6.18 Å². The van der Waals surface area contributed by atoms with Crippen LogP contribution in [0.3, 0.4) is 0 Å². The Bertz CT molecular complexity index is 652. The molecule has 0 bridgehead atoms. The van der Waals surface area contributed by atoms with Gasteiger partial charge in [-0.3, -0.25) is 4.79 Å². The van der Waals surface area contributed by atoms with Crippen LogP contribution in [0, 0.1) is 6.92 Å². The maximum Gasteiger partial charge on any atom is 0.434 e. The first kappa shape index (κ1) is 14.3. The van der Waals surface area contributed by atoms with Gasteiger partial charge in [-0.2, -0.15) is 13.2 Å². The number of phenols is 1. The van der Waals surface area contributed by atoms with Crippen molar-refractivity contribution in [2.24, 2.45) is 0 Å². The van der Waals surface area contributed by atoms with Crippen molar-refractivity contribution in [2.45, 2.75) is 13.1 Å². The number of aromatic nitrogens is 1. The Kier molecular flexibility index (Phi) is 3.67. The summed E-state index contributed by atoms with van der Waals surface area (Å²) in [5.74, 6) is -0.872. The molecule has 0 aliphatic carbocycles. The highest BCUT2D eigenvalue weighted by Crippen LogP contribution is 2.33. The lowest BCUT2D eigenvalue weighted by Crippen LogP contribution is -2.17. The molecule has 0 radical (unpaired) electrons. The highest BCUT2D eigenvalue weighted by Gasteiger charge is 2.38. The van der Waals surface area contributed by atoms with Crippen LogP contribution < -0.4 is 5.32 Å². The Morgan fingerprint density at radius 1 is 1.40 bits per heavy atom. The number of carbonyl (C=O) groups excluding carboxylic acids is 1. The third-order valence-corrected chi connectivity index (χ3v) is 3.33. The van der Waals surface area contributed by atoms with Gasteiger partial charge in [-0.25, -0.2) is 4.98 Å². The molecule has 0 saturated carbocycles. The Morgan fingerprint density at radius 2 is 2.10 bits per heavy atom. The fraction of sp³-hybridized carbons (Fsp3) is 0.167. The predicted molar refractivity (Wildman–Crippen MR) is 67.9 cm³/mol. The number of aromatic hydroxyl groups is 1. The third kappa shape index (κ3) is 2.90. The van der Waals surface area contributed by atoms with E-state index < -0.39 is 22.7 Å². The van der Waals surface area contributed by atoms with Gasteiger partial charge < -0.3 is 10.4 Å². The molecule has 0 saturated heterocycles. The van der Waals surface area contributed by atoms with E-state index in [4.69, 9.17) is 0 Å². The number of rotatable bonds is 2. The van der Waals surface area contributed by atoms with Gasteiger partial charge in [0.15, 0.2) is 5.69 Å². The number of thiazole rings is 1. The van der Waals surface area contributed by atoms with Gasteiger partial charge in [0.1, 0.15) is 10.6 Å². The molecule has 1 aromatic carbocycles. The van der Waals surface area contributed by atoms with E-state index in [0.29, 0.717) is 22.6 Å². The second-order valence-corrected chi connectivity index (χ2v) is 4.84. The molecule has 8 heteroatoms. The molecular formula is C12H9F3N2O2S. The van der Waals surface area contributed by atoms with Gasteiger partial charge in [0, 0.05) is 5.69 Å². The van der Waals surface area contributed by atoms with Crippen LogP contribution in [0.4, 0.5) is 18.9 Å². The molecule has 0 fully saturated rings. The topological polar surface area (TPSA) is 62.2 Å². The monoisotopic (exact) mass is 302 g/mol. The summed E-state index contributed by atoms with van der Waals surface area (Å²) in [6.45, 7) is 1.62. The van der Waals surface area contributed by atoms with Crippen LogP contribution >= 0.6 is 11.3 Å². The highest BCUT2D eigenvalue weighted by atomic mass is 32.1. The van der Waals surface area contributed by atoms with Crippen LogP contribution in [0.25, 0.3) is 0 Å². The molecule has 1 aromatic heterocycles. The lowest BCUT2D eigenvalue weighted by atomic mass is 10.2. The molecule has 0 atom stereocenters. The van der Waals surface area contributed by atoms with Crippen molar-refractivity contribution in [3.8, 4) is 5.75 Å². The summed E-state index contributed by atoms with van der Waals surface area (Å²) < 4.78 is 37.9. The van der Waals surface area contributed by atoms with Crippen LogP contribution in [0.2, 0.25) is 0 Å². The molecule has 1 heterocycles. The van der Waals surface area contributed by atoms with Gasteiger partial charge in [-0.1, -0.05) is 0 Å². The molecule has 106 valence electrons. The summed E-state index contributed by atoms with van der Waals surface area (Å²) in [5.41, 5.74) is 0.642. The number of alkyl halides is 3. The Balaban J connectivity index is 2.27. The number of aryl methyl sites for hydroxylation is 1. The Hall–Kier alpha value is -2.09. The number of phenolic OH excluding ortho intramolecular Hbond substituents is 1. The zero-order valence-electron chi connectivity index (χ0n) is 10.2. The average molecular weight is 302 g/mol. The van der Waals surface area contributed by atoms with Gasteiger partial charge in [0.25, 0.3) is 5.91 Å². The zero-order valence-corrected chi connectivity index (χ0v) is 11.0. The smallest absolute Gasteiger partial charge is 0.434 e. The van der Waals surface area contributed by atoms with Crippen molar-refractivity contribution in [3.63, 3.8) is 0 Å². The van der Waals surface area contributed by atoms with E-state index in [1.54, 1.807) is 6.92 Å². The minimum atomic E-state index is -4.67. The molecule has 2 aromatic rings. The van der Waals surface area contributed by atoms with Crippen molar-refractivity contribution in [3.05, 3.63) is 39.8 Å². The van der Waals surface area contributed by atoms with Crippen molar-refractivity contribution in [1.29, 1.82) is 0 Å². The van der Waals surface area contributed by atoms with E-state index in [1.807, 2.05) is 0 Å². The van der Waals surface area contributed by atoms with E-state index in [1.165, 1.54) is 18.2 Å². The molecule has 2 N–H and O–H groups in total. The number of nitrogens with zero attached hydrogens (tertiary/aromatic N) is 1. The first-order valence-electron chi connectivity index (χ1n) is 5.40. The van der Waals surface area contributed by atoms with Gasteiger partial charge in [-0.05, 0) is 30.7 Å². The molecule has 2 rings (SSSR count). The number of amides is 1. The van der Waals surface area contributed by atoms with Crippen LogP contribution in [0.5, 0.6) is 5.75 Å². The third-order valence-electron chi connectivity index (χ3n) is 2.50. The summed E-state index contributed by atoms with van der Waals surface area (Å²) in [4.78, 5) is 14.6. The molecule has 4 nitrogen and oxygen atoms in total. The lowest BCUT2D eigenvalue weighted by Gasteiger charge is -2.09. The zero-order chi connectivity index (χ0) is 14.9. The molecule has 0 spiro atoms. The van der Waals surface area contributed by atoms with Crippen LogP contribution in [0.1, 0.15) is 20.9 Å². The summed E-state index contributed by atoms with van der Waals surface area (Å²) in [6, 6.07) is 4.14. The first-order chi connectivity index (χ1) is 9.29. The number of carbonyl (C=O) groups is 1. The quantitative estimate of drug-likeness (QED) is 0.835. The van der Waals surface area contributed by atoms with Crippen LogP contribution in [-0.4, -0.2) is 16.0 Å². The van der Waals surface area contributed by atoms with Crippen molar-refractivity contribution in [1.82, 2.24) is 4.98 Å². The van der Waals surface area contributed by atoms with Crippen molar-refractivity contribution < 1.29 is 23.1 Å². The molecule has 0 aliphatic rings. The Labute approximate surface area is 115 Å². The number of hydrogen-bond acceptors (Lipinski definition) is 4. The van der Waals surface area contributed by atoms with E-state index in [-0.39, 0.29) is 5.75 Å². The Morgan fingerprint density at radius 3 is 2.70 bits per heavy atom. The normalized spacial score (nSPS) is 11.4. The highest BCUT2D eigenvalue weighted by molar-refractivity contribution is 7.12. The lowest BCUT2D eigenvalue weighted by molar-refractivity contribution is -0.141. The average Bonchev–Trinajstić information content (AvgIpc) is 2.81. The molecule has 20 heavy (non-hydrogen) atoms. The summed E-state index contributed by atoms with van der Waals surface area (Å²) in [5, 5.41) is 11.6. The number of hydrogen-bond donors (Lipinski definition) is 2. The van der Waals surface area contributed by atoms with Gasteiger partial charge in [-0.15, -0.1) is 11.3 Å². The molecule has 1 amide bonds. The van der Waals surface area contributed by atoms with E-state index >= 15 is 0 Å². The number of anilines is 1. The molecule has 0 aliphatic heterocycles. The van der Waals surface area contributed by atoms with Gasteiger partial charge in [0.05, 0.1) is 5.51 Å². The van der Waals surface area contributed by atoms with E-state index in [9.17, 15) is 23.1 Å². The summed E-state index contributed by atoms with van der Waals surface area (Å²) in [6.07, 6.45) is -4.67. The second kappa shape index (κ2) is 5.12. The van der Waals surface area contributed by atoms with E-state index in [0.717, 1.165) is 5.51 Å². The number of nitrogens with one attached hydrogen (secondary N) is 1. The maximum absolute atomic E-state index is 12.6.